The van der Waals surface area contributed by atoms with E-state index in [9.17, 15) is 4.39 Å². The Bertz CT molecular complexity index is 1220. The van der Waals surface area contributed by atoms with Crippen molar-refractivity contribution in [2.45, 2.75) is 0 Å². The van der Waals surface area contributed by atoms with Crippen molar-refractivity contribution in [2.24, 2.45) is 0 Å². The second-order valence-electron chi connectivity index (χ2n) is 7.22. The lowest BCUT2D eigenvalue weighted by Gasteiger charge is -2.29. The van der Waals surface area contributed by atoms with E-state index in [0.717, 1.165) is 46.4 Å². The highest BCUT2D eigenvalue weighted by Crippen LogP contribution is 2.32. The molecule has 5 rings (SSSR count). The Morgan fingerprint density at radius 1 is 0.867 bits per heavy atom. The smallest absolute Gasteiger partial charge is 0.125 e. The summed E-state index contributed by atoms with van der Waals surface area (Å²) in [6.07, 6.45) is 3.19. The van der Waals surface area contributed by atoms with E-state index in [0.29, 0.717) is 24.7 Å². The van der Waals surface area contributed by atoms with E-state index >= 15 is 0 Å². The maximum atomic E-state index is 14.5. The molecular formula is C23H20FN5O. The highest BCUT2D eigenvalue weighted by Gasteiger charge is 2.15. The van der Waals surface area contributed by atoms with Crippen LogP contribution in [0.3, 0.4) is 0 Å². The summed E-state index contributed by atoms with van der Waals surface area (Å²) in [7, 11) is 0. The molecule has 2 N–H and O–H groups in total. The minimum Gasteiger partial charge on any atom is -0.384 e. The topological polar surface area (TPSA) is 77.2 Å². The van der Waals surface area contributed by atoms with E-state index in [1.807, 2.05) is 36.4 Å². The summed E-state index contributed by atoms with van der Waals surface area (Å²) >= 11 is 0. The molecule has 0 saturated carbocycles. The fraction of sp³-hybridized carbons (Fsp3) is 0.174. The number of nitrogens with two attached hydrogens (primary N) is 1. The number of pyridine rings is 1. The second kappa shape index (κ2) is 7.68. The van der Waals surface area contributed by atoms with Gasteiger partial charge >= 0.3 is 0 Å². The lowest BCUT2D eigenvalue weighted by Crippen LogP contribution is -2.36. The number of anilines is 2. The van der Waals surface area contributed by atoms with Crippen molar-refractivity contribution >= 4 is 22.4 Å². The third-order valence-corrected chi connectivity index (χ3v) is 5.28. The van der Waals surface area contributed by atoms with Crippen LogP contribution in [0.15, 0.2) is 61.1 Å². The minimum atomic E-state index is -0.293. The molecule has 30 heavy (non-hydrogen) atoms. The molecule has 4 aromatic rings. The van der Waals surface area contributed by atoms with Gasteiger partial charge in [0.05, 0.1) is 24.4 Å². The van der Waals surface area contributed by atoms with Crippen molar-refractivity contribution in [3.8, 4) is 22.4 Å². The number of morpholine rings is 1. The first-order valence-electron chi connectivity index (χ1n) is 9.78. The van der Waals surface area contributed by atoms with Crippen molar-refractivity contribution in [1.29, 1.82) is 0 Å². The number of nitrogen functional groups attached to an aromatic ring is 1. The molecule has 0 bridgehead atoms. The van der Waals surface area contributed by atoms with Crippen molar-refractivity contribution in [2.75, 3.05) is 36.9 Å². The zero-order valence-corrected chi connectivity index (χ0v) is 16.3. The molecule has 0 aliphatic carbocycles. The van der Waals surface area contributed by atoms with Gasteiger partial charge in [-0.2, -0.15) is 0 Å². The molecule has 2 aromatic heterocycles. The number of nitrogens with zero attached hydrogens (tertiary/aromatic N) is 4. The summed E-state index contributed by atoms with van der Waals surface area (Å²) < 4.78 is 20.0. The van der Waals surface area contributed by atoms with Crippen molar-refractivity contribution in [3.05, 3.63) is 66.9 Å². The van der Waals surface area contributed by atoms with Gasteiger partial charge < -0.3 is 15.4 Å². The molecule has 1 fully saturated rings. The largest absolute Gasteiger partial charge is 0.384 e. The number of ether oxygens (including phenoxy) is 1. The number of hydrogen-bond donors (Lipinski definition) is 1. The van der Waals surface area contributed by atoms with Gasteiger partial charge in [0.15, 0.2) is 0 Å². The molecule has 2 aromatic carbocycles. The van der Waals surface area contributed by atoms with Gasteiger partial charge in [0.1, 0.15) is 18.0 Å². The quantitative estimate of drug-likeness (QED) is 0.561. The predicted octanol–water partition coefficient (Wildman–Crippen LogP) is 3.92. The van der Waals surface area contributed by atoms with Crippen LogP contribution < -0.4 is 10.6 Å². The van der Waals surface area contributed by atoms with Gasteiger partial charge in [-0.25, -0.2) is 19.3 Å². The van der Waals surface area contributed by atoms with Crippen LogP contribution in [-0.2, 0) is 4.74 Å². The summed E-state index contributed by atoms with van der Waals surface area (Å²) in [6.45, 7) is 2.75. The van der Waals surface area contributed by atoms with Gasteiger partial charge in [-0.05, 0) is 53.6 Å². The normalized spacial score (nSPS) is 14.2. The van der Waals surface area contributed by atoms with Crippen LogP contribution in [0.2, 0.25) is 0 Å². The van der Waals surface area contributed by atoms with Gasteiger partial charge in [-0.15, -0.1) is 0 Å². The Morgan fingerprint density at radius 2 is 1.70 bits per heavy atom. The second-order valence-corrected chi connectivity index (χ2v) is 7.22. The zero-order chi connectivity index (χ0) is 20.5. The van der Waals surface area contributed by atoms with E-state index in [4.69, 9.17) is 10.5 Å². The standard InChI is InChI=1S/C23H20FN5O/c24-18-9-17(10-19(13-18)29-5-7-30-8-6-29)23-20-11-15(1-2-21(20)27-14-28-23)16-3-4-26-22(25)12-16/h1-4,9-14H,5-8H2,(H2,25,26). The number of rotatable bonds is 3. The fourth-order valence-corrected chi connectivity index (χ4v) is 3.81. The predicted molar refractivity (Wildman–Crippen MR) is 116 cm³/mol. The van der Waals surface area contributed by atoms with Crippen LogP contribution in [0.1, 0.15) is 0 Å². The van der Waals surface area contributed by atoms with E-state index in [-0.39, 0.29) is 5.82 Å². The van der Waals surface area contributed by atoms with Crippen molar-refractivity contribution in [3.63, 3.8) is 0 Å². The molecule has 7 heteroatoms. The Hall–Kier alpha value is -3.58. The Morgan fingerprint density at radius 3 is 2.53 bits per heavy atom. The lowest BCUT2D eigenvalue weighted by molar-refractivity contribution is 0.122. The summed E-state index contributed by atoms with van der Waals surface area (Å²) in [5.41, 5.74) is 10.8. The molecule has 0 atom stereocenters. The van der Waals surface area contributed by atoms with E-state index < -0.39 is 0 Å². The molecule has 0 amide bonds. The lowest BCUT2D eigenvalue weighted by atomic mass is 10.0. The Labute approximate surface area is 173 Å². The summed E-state index contributed by atoms with van der Waals surface area (Å²) in [5.74, 6) is 0.163. The molecule has 0 spiro atoms. The molecular weight excluding hydrogens is 381 g/mol. The molecule has 0 unspecified atom stereocenters. The number of hydrogen-bond acceptors (Lipinski definition) is 6. The molecule has 150 valence electrons. The van der Waals surface area contributed by atoms with Gasteiger partial charge in [0, 0.05) is 35.9 Å². The molecule has 1 saturated heterocycles. The molecule has 6 nitrogen and oxygen atoms in total. The molecule has 1 aliphatic heterocycles. The molecule has 3 heterocycles. The van der Waals surface area contributed by atoms with Crippen molar-refractivity contribution in [1.82, 2.24) is 15.0 Å². The summed E-state index contributed by atoms with van der Waals surface area (Å²) in [5, 5.41) is 0.851. The summed E-state index contributed by atoms with van der Waals surface area (Å²) in [4.78, 5) is 15.1. The highest BCUT2D eigenvalue weighted by molar-refractivity contribution is 5.95. The number of aromatic nitrogens is 3. The third-order valence-electron chi connectivity index (χ3n) is 5.28. The van der Waals surface area contributed by atoms with E-state index in [1.54, 1.807) is 12.3 Å². The van der Waals surface area contributed by atoms with Crippen LogP contribution in [0.5, 0.6) is 0 Å². The first-order chi connectivity index (χ1) is 14.7. The summed E-state index contributed by atoms with van der Waals surface area (Å²) in [6, 6.07) is 14.7. The first kappa shape index (κ1) is 18.4. The minimum absolute atomic E-state index is 0.293. The van der Waals surface area contributed by atoms with Gasteiger partial charge in [0.2, 0.25) is 0 Å². The average molecular weight is 401 g/mol. The van der Waals surface area contributed by atoms with Crippen LogP contribution in [0.4, 0.5) is 15.9 Å². The first-order valence-corrected chi connectivity index (χ1v) is 9.78. The molecule has 1 aliphatic rings. The monoisotopic (exact) mass is 401 g/mol. The van der Waals surface area contributed by atoms with Gasteiger partial charge in [-0.1, -0.05) is 6.07 Å². The van der Waals surface area contributed by atoms with E-state index in [1.165, 1.54) is 12.4 Å². The fourth-order valence-electron chi connectivity index (χ4n) is 3.81. The van der Waals surface area contributed by atoms with Gasteiger partial charge in [0.25, 0.3) is 0 Å². The van der Waals surface area contributed by atoms with Crippen LogP contribution in [0.25, 0.3) is 33.3 Å². The Balaban J connectivity index is 1.63. The maximum Gasteiger partial charge on any atom is 0.125 e. The third kappa shape index (κ3) is 3.55. The maximum absolute atomic E-state index is 14.5. The van der Waals surface area contributed by atoms with Crippen LogP contribution in [-0.4, -0.2) is 41.3 Å². The van der Waals surface area contributed by atoms with Crippen molar-refractivity contribution < 1.29 is 9.13 Å². The number of benzene rings is 2. The highest BCUT2D eigenvalue weighted by atomic mass is 19.1. The molecule has 0 radical (unpaired) electrons. The SMILES string of the molecule is Nc1cc(-c2ccc3ncnc(-c4cc(F)cc(N5CCOCC5)c4)c3c2)ccn1. The van der Waals surface area contributed by atoms with E-state index in [2.05, 4.69) is 19.9 Å². The van der Waals surface area contributed by atoms with Crippen LogP contribution >= 0.6 is 0 Å². The number of halogens is 1. The van der Waals surface area contributed by atoms with Crippen LogP contribution in [0, 0.1) is 5.82 Å². The Kier molecular flexibility index (Phi) is 4.72. The van der Waals surface area contributed by atoms with Gasteiger partial charge in [-0.3, -0.25) is 0 Å². The number of fused-ring (bicyclic) bond motifs is 1. The zero-order valence-electron chi connectivity index (χ0n) is 16.3. The average Bonchev–Trinajstić information content (AvgIpc) is 2.78.